The predicted octanol–water partition coefficient (Wildman–Crippen LogP) is 4.13. The fourth-order valence-corrected chi connectivity index (χ4v) is 2.16. The van der Waals surface area contributed by atoms with E-state index in [1.165, 1.54) is 6.21 Å². The van der Waals surface area contributed by atoms with Gasteiger partial charge in [-0.3, -0.25) is 5.43 Å². The van der Waals surface area contributed by atoms with E-state index in [1.54, 1.807) is 0 Å². The van der Waals surface area contributed by atoms with Gasteiger partial charge in [-0.15, -0.1) is 0 Å². The number of hydrogen-bond acceptors (Lipinski definition) is 7. The Kier molecular flexibility index (Phi) is 5.47. The summed E-state index contributed by atoms with van der Waals surface area (Å²) in [6, 6.07) is 18.8. The Labute approximate surface area is 150 Å². The van der Waals surface area contributed by atoms with Crippen molar-refractivity contribution < 1.29 is 9.15 Å². The zero-order chi connectivity index (χ0) is 18.2. The number of benzene rings is 2. The standard InChI is InChI=1S/C19H17N5O2/c1-2-25-16-10-8-14(9-11-16)22-19-17(12-20)23-18(26-19)13-21-24-15-6-4-3-5-7-15/h3-11,13,22,24H,2H2,1H3. The molecule has 0 saturated carbocycles. The number of oxazole rings is 1. The minimum atomic E-state index is 0.153. The molecule has 3 rings (SSSR count). The van der Waals surface area contributed by atoms with Gasteiger partial charge in [0.15, 0.2) is 0 Å². The van der Waals surface area contributed by atoms with Gasteiger partial charge in [-0.25, -0.2) is 0 Å². The van der Waals surface area contributed by atoms with E-state index >= 15 is 0 Å². The van der Waals surface area contributed by atoms with Gasteiger partial charge in [0, 0.05) is 5.69 Å². The lowest BCUT2D eigenvalue weighted by atomic mass is 10.3. The van der Waals surface area contributed by atoms with Gasteiger partial charge in [-0.2, -0.15) is 15.3 Å². The van der Waals surface area contributed by atoms with Gasteiger partial charge in [0.1, 0.15) is 18.0 Å². The zero-order valence-corrected chi connectivity index (χ0v) is 14.1. The zero-order valence-electron chi connectivity index (χ0n) is 14.1. The van der Waals surface area contributed by atoms with Crippen molar-refractivity contribution in [3.8, 4) is 11.8 Å². The number of ether oxygens (including phenoxy) is 1. The smallest absolute Gasteiger partial charge is 0.243 e. The maximum absolute atomic E-state index is 9.23. The minimum Gasteiger partial charge on any atom is -0.494 e. The van der Waals surface area contributed by atoms with Gasteiger partial charge in [0.05, 0.1) is 12.3 Å². The molecule has 0 bridgehead atoms. The van der Waals surface area contributed by atoms with Gasteiger partial charge < -0.3 is 14.5 Å². The number of nitriles is 1. The Morgan fingerprint density at radius 2 is 1.92 bits per heavy atom. The number of nitrogens with zero attached hydrogens (tertiary/aromatic N) is 3. The number of nitrogens with one attached hydrogen (secondary N) is 2. The third kappa shape index (κ3) is 4.39. The van der Waals surface area contributed by atoms with Crippen LogP contribution in [-0.2, 0) is 0 Å². The van der Waals surface area contributed by atoms with Crippen LogP contribution in [0.5, 0.6) is 5.75 Å². The molecule has 1 aromatic heterocycles. The van der Waals surface area contributed by atoms with Crippen molar-refractivity contribution in [2.45, 2.75) is 6.92 Å². The molecule has 130 valence electrons. The molecule has 3 aromatic rings. The van der Waals surface area contributed by atoms with E-state index in [0.717, 1.165) is 17.1 Å². The van der Waals surface area contributed by atoms with Crippen molar-refractivity contribution in [2.75, 3.05) is 17.3 Å². The van der Waals surface area contributed by atoms with Crippen molar-refractivity contribution >= 4 is 23.5 Å². The van der Waals surface area contributed by atoms with Gasteiger partial charge in [-0.1, -0.05) is 18.2 Å². The van der Waals surface area contributed by atoms with Crippen LogP contribution in [0.25, 0.3) is 0 Å². The van der Waals surface area contributed by atoms with Crippen molar-refractivity contribution in [3.05, 3.63) is 66.2 Å². The highest BCUT2D eigenvalue weighted by atomic mass is 16.5. The molecule has 0 amide bonds. The van der Waals surface area contributed by atoms with Gasteiger partial charge >= 0.3 is 0 Å². The van der Waals surface area contributed by atoms with Crippen LogP contribution in [0.1, 0.15) is 18.5 Å². The summed E-state index contributed by atoms with van der Waals surface area (Å²) in [4.78, 5) is 4.10. The third-order valence-corrected chi connectivity index (χ3v) is 3.32. The molecule has 26 heavy (non-hydrogen) atoms. The van der Waals surface area contributed by atoms with Crippen molar-refractivity contribution in [2.24, 2.45) is 5.10 Å². The minimum absolute atomic E-state index is 0.153. The second-order valence-electron chi connectivity index (χ2n) is 5.16. The van der Waals surface area contributed by atoms with Crippen LogP contribution in [-0.4, -0.2) is 17.8 Å². The highest BCUT2D eigenvalue weighted by Gasteiger charge is 2.12. The molecule has 0 atom stereocenters. The Bertz CT molecular complexity index is 911. The number of aromatic nitrogens is 1. The lowest BCUT2D eigenvalue weighted by molar-refractivity contribution is 0.340. The lowest BCUT2D eigenvalue weighted by Crippen LogP contribution is -1.93. The number of hydrogen-bond donors (Lipinski definition) is 2. The number of anilines is 3. The molecule has 7 nitrogen and oxygen atoms in total. The Morgan fingerprint density at radius 1 is 1.15 bits per heavy atom. The van der Waals surface area contributed by atoms with E-state index in [-0.39, 0.29) is 17.5 Å². The van der Waals surface area contributed by atoms with Crippen LogP contribution in [0.15, 0.2) is 64.1 Å². The molecular formula is C19H17N5O2. The quantitative estimate of drug-likeness (QED) is 0.493. The van der Waals surface area contributed by atoms with E-state index in [9.17, 15) is 5.26 Å². The molecule has 0 fully saturated rings. The summed E-state index contributed by atoms with van der Waals surface area (Å²) in [6.45, 7) is 2.53. The molecule has 0 radical (unpaired) electrons. The molecule has 0 saturated heterocycles. The van der Waals surface area contributed by atoms with Crippen LogP contribution in [0.4, 0.5) is 17.3 Å². The molecule has 2 N–H and O–H groups in total. The first-order chi connectivity index (χ1) is 12.8. The fraction of sp³-hybridized carbons (Fsp3) is 0.105. The average molecular weight is 347 g/mol. The molecule has 7 heteroatoms. The van der Waals surface area contributed by atoms with Crippen LogP contribution < -0.4 is 15.5 Å². The second-order valence-corrected chi connectivity index (χ2v) is 5.16. The van der Waals surface area contributed by atoms with E-state index < -0.39 is 0 Å². The Morgan fingerprint density at radius 3 is 2.62 bits per heavy atom. The number of hydrazone groups is 1. The number of para-hydroxylation sites is 1. The van der Waals surface area contributed by atoms with Crippen molar-refractivity contribution in [1.29, 1.82) is 5.26 Å². The summed E-state index contributed by atoms with van der Waals surface area (Å²) in [5.41, 5.74) is 4.61. The first-order valence-electron chi connectivity index (χ1n) is 8.03. The molecule has 0 aliphatic rings. The second kappa shape index (κ2) is 8.35. The fourth-order valence-electron chi connectivity index (χ4n) is 2.16. The third-order valence-electron chi connectivity index (χ3n) is 3.32. The van der Waals surface area contributed by atoms with Crippen LogP contribution in [0, 0.1) is 11.3 Å². The highest BCUT2D eigenvalue weighted by molar-refractivity contribution is 5.76. The summed E-state index contributed by atoms with van der Waals surface area (Å²) in [7, 11) is 0. The molecule has 0 spiro atoms. The van der Waals surface area contributed by atoms with Crippen LogP contribution >= 0.6 is 0 Å². The van der Waals surface area contributed by atoms with E-state index in [1.807, 2.05) is 67.6 Å². The SMILES string of the molecule is CCOc1ccc(Nc2oc(C=NNc3ccccc3)nc2C#N)cc1. The highest BCUT2D eigenvalue weighted by Crippen LogP contribution is 2.23. The van der Waals surface area contributed by atoms with E-state index in [4.69, 9.17) is 9.15 Å². The predicted molar refractivity (Wildman–Crippen MR) is 99.8 cm³/mol. The molecule has 2 aromatic carbocycles. The molecule has 0 unspecified atom stereocenters. The van der Waals surface area contributed by atoms with Crippen LogP contribution in [0.2, 0.25) is 0 Å². The van der Waals surface area contributed by atoms with E-state index in [2.05, 4.69) is 20.8 Å². The summed E-state index contributed by atoms with van der Waals surface area (Å²) < 4.78 is 11.0. The summed E-state index contributed by atoms with van der Waals surface area (Å²) in [6.07, 6.45) is 1.41. The summed E-state index contributed by atoms with van der Waals surface area (Å²) in [5.74, 6) is 1.26. The van der Waals surface area contributed by atoms with E-state index in [0.29, 0.717) is 6.61 Å². The topological polar surface area (TPSA) is 95.5 Å². The van der Waals surface area contributed by atoms with Gasteiger partial charge in [-0.05, 0) is 43.3 Å². The largest absolute Gasteiger partial charge is 0.494 e. The summed E-state index contributed by atoms with van der Waals surface area (Å²) >= 11 is 0. The van der Waals surface area contributed by atoms with Gasteiger partial charge in [0.2, 0.25) is 17.5 Å². The molecule has 1 heterocycles. The van der Waals surface area contributed by atoms with Crippen molar-refractivity contribution in [1.82, 2.24) is 4.98 Å². The van der Waals surface area contributed by atoms with Gasteiger partial charge in [0.25, 0.3) is 0 Å². The molecule has 0 aliphatic heterocycles. The molecule has 0 aliphatic carbocycles. The molecular weight excluding hydrogens is 330 g/mol. The monoisotopic (exact) mass is 347 g/mol. The van der Waals surface area contributed by atoms with Crippen molar-refractivity contribution in [3.63, 3.8) is 0 Å². The Hall–Kier alpha value is -3.79. The normalized spacial score (nSPS) is 10.5. The maximum Gasteiger partial charge on any atom is 0.243 e. The lowest BCUT2D eigenvalue weighted by Gasteiger charge is -2.05. The summed E-state index contributed by atoms with van der Waals surface area (Å²) in [5, 5.41) is 16.3. The first-order valence-corrected chi connectivity index (χ1v) is 8.03. The van der Waals surface area contributed by atoms with Crippen LogP contribution in [0.3, 0.4) is 0 Å². The first kappa shape index (κ1) is 17.0. The maximum atomic E-state index is 9.23. The average Bonchev–Trinajstić information content (AvgIpc) is 3.06. The Balaban J connectivity index is 1.69. The number of rotatable bonds is 7.